The normalized spacial score (nSPS) is 25.6. The summed E-state index contributed by atoms with van der Waals surface area (Å²) in [7, 11) is 0. The first-order chi connectivity index (χ1) is 7.58. The topological polar surface area (TPSA) is 81.1 Å². The Morgan fingerprint density at radius 1 is 1.62 bits per heavy atom. The van der Waals surface area contributed by atoms with Gasteiger partial charge >= 0.3 is 5.97 Å². The molecule has 1 heterocycles. The first-order valence-corrected chi connectivity index (χ1v) is 5.66. The maximum atomic E-state index is 10.8. The maximum Gasteiger partial charge on any atom is 0.358 e. The van der Waals surface area contributed by atoms with Crippen LogP contribution in [0.1, 0.15) is 49.1 Å². The van der Waals surface area contributed by atoms with Crippen LogP contribution in [0, 0.1) is 5.92 Å². The van der Waals surface area contributed by atoms with E-state index in [-0.39, 0.29) is 11.4 Å². The molecule has 0 aliphatic heterocycles. The highest BCUT2D eigenvalue weighted by Gasteiger charge is 2.23. The molecule has 1 aliphatic carbocycles. The number of rotatable bonds is 2. The summed E-state index contributed by atoms with van der Waals surface area (Å²) in [5.41, 5.74) is 5.85. The van der Waals surface area contributed by atoms with E-state index in [0.29, 0.717) is 12.0 Å². The van der Waals surface area contributed by atoms with Crippen molar-refractivity contribution in [3.05, 3.63) is 11.9 Å². The summed E-state index contributed by atoms with van der Waals surface area (Å²) < 4.78 is 1.73. The Balaban J connectivity index is 2.20. The molecule has 1 aromatic rings. The van der Waals surface area contributed by atoms with Gasteiger partial charge in [0.1, 0.15) is 0 Å². The lowest BCUT2D eigenvalue weighted by molar-refractivity contribution is 0.0690. The van der Waals surface area contributed by atoms with Gasteiger partial charge in [0.25, 0.3) is 0 Å². The van der Waals surface area contributed by atoms with E-state index < -0.39 is 5.97 Å². The molecule has 0 saturated heterocycles. The van der Waals surface area contributed by atoms with Gasteiger partial charge in [-0.25, -0.2) is 4.79 Å². The molecule has 3 N–H and O–H groups in total. The van der Waals surface area contributed by atoms with Crippen molar-refractivity contribution in [3.8, 4) is 0 Å². The smallest absolute Gasteiger partial charge is 0.358 e. The number of nitrogens with two attached hydrogens (primary N) is 1. The zero-order valence-electron chi connectivity index (χ0n) is 9.39. The van der Waals surface area contributed by atoms with E-state index in [1.807, 2.05) is 0 Å². The molecular weight excluding hydrogens is 206 g/mol. The van der Waals surface area contributed by atoms with E-state index in [9.17, 15) is 4.79 Å². The standard InChI is InChI=1S/C11H17N3O2/c1-7-3-2-4-8(5-7)14-6-9(12)10(13-14)11(15)16/h6-8H,2-5,12H2,1H3,(H,15,16). The number of aromatic nitrogens is 2. The van der Waals surface area contributed by atoms with Gasteiger partial charge in [0.2, 0.25) is 0 Å². The van der Waals surface area contributed by atoms with Crippen LogP contribution < -0.4 is 5.73 Å². The molecule has 1 aliphatic rings. The molecule has 88 valence electrons. The predicted molar refractivity (Wildman–Crippen MR) is 60.3 cm³/mol. The molecule has 1 aromatic heterocycles. The average molecular weight is 223 g/mol. The number of carboxylic acid groups (broad SMARTS) is 1. The first-order valence-electron chi connectivity index (χ1n) is 5.66. The fourth-order valence-electron chi connectivity index (χ4n) is 2.40. The summed E-state index contributed by atoms with van der Waals surface area (Å²) in [5, 5.41) is 12.9. The summed E-state index contributed by atoms with van der Waals surface area (Å²) in [6, 6.07) is 0.305. The third-order valence-corrected chi connectivity index (χ3v) is 3.25. The highest BCUT2D eigenvalue weighted by molar-refractivity contribution is 5.91. The molecule has 5 heteroatoms. The van der Waals surface area contributed by atoms with Gasteiger partial charge in [0.15, 0.2) is 5.69 Å². The van der Waals surface area contributed by atoms with Crippen molar-refractivity contribution < 1.29 is 9.90 Å². The molecule has 0 radical (unpaired) electrons. The Labute approximate surface area is 94.2 Å². The molecule has 0 spiro atoms. The molecule has 2 unspecified atom stereocenters. The van der Waals surface area contributed by atoms with Gasteiger partial charge in [-0.05, 0) is 18.8 Å². The van der Waals surface area contributed by atoms with E-state index in [0.717, 1.165) is 12.8 Å². The van der Waals surface area contributed by atoms with E-state index in [1.54, 1.807) is 10.9 Å². The molecule has 0 amide bonds. The summed E-state index contributed by atoms with van der Waals surface area (Å²) >= 11 is 0. The maximum absolute atomic E-state index is 10.8. The Hall–Kier alpha value is -1.52. The van der Waals surface area contributed by atoms with Crippen molar-refractivity contribution in [2.45, 2.75) is 38.6 Å². The van der Waals surface area contributed by atoms with Gasteiger partial charge in [0.05, 0.1) is 11.7 Å². The van der Waals surface area contributed by atoms with Crippen LogP contribution in [0.15, 0.2) is 6.20 Å². The molecule has 5 nitrogen and oxygen atoms in total. The zero-order valence-corrected chi connectivity index (χ0v) is 9.39. The van der Waals surface area contributed by atoms with Crippen molar-refractivity contribution in [1.29, 1.82) is 0 Å². The van der Waals surface area contributed by atoms with Gasteiger partial charge in [-0.1, -0.05) is 19.8 Å². The van der Waals surface area contributed by atoms with Crippen LogP contribution in [-0.4, -0.2) is 20.9 Å². The Kier molecular flexibility index (Phi) is 2.85. The minimum Gasteiger partial charge on any atom is -0.476 e. The fourth-order valence-corrected chi connectivity index (χ4v) is 2.40. The van der Waals surface area contributed by atoms with Gasteiger partial charge in [-0.15, -0.1) is 0 Å². The van der Waals surface area contributed by atoms with E-state index in [1.165, 1.54) is 12.8 Å². The SMILES string of the molecule is CC1CCCC(n2cc(N)c(C(=O)O)n2)C1. The van der Waals surface area contributed by atoms with Gasteiger partial charge in [-0.2, -0.15) is 5.10 Å². The van der Waals surface area contributed by atoms with Crippen molar-refractivity contribution in [2.75, 3.05) is 5.73 Å². The third-order valence-electron chi connectivity index (χ3n) is 3.25. The quantitative estimate of drug-likeness (QED) is 0.802. The van der Waals surface area contributed by atoms with Gasteiger partial charge < -0.3 is 10.8 Å². The second kappa shape index (κ2) is 4.15. The highest BCUT2D eigenvalue weighted by atomic mass is 16.4. The number of nitrogen functional groups attached to an aromatic ring is 1. The Morgan fingerprint density at radius 3 is 2.94 bits per heavy atom. The van der Waals surface area contributed by atoms with E-state index >= 15 is 0 Å². The molecule has 0 bridgehead atoms. The first kappa shape index (κ1) is 11.0. The molecule has 1 fully saturated rings. The van der Waals surface area contributed by atoms with Crippen LogP contribution in [0.5, 0.6) is 0 Å². The van der Waals surface area contributed by atoms with Crippen molar-refractivity contribution in [3.63, 3.8) is 0 Å². The monoisotopic (exact) mass is 223 g/mol. The highest BCUT2D eigenvalue weighted by Crippen LogP contribution is 2.32. The van der Waals surface area contributed by atoms with Gasteiger partial charge in [0, 0.05) is 6.20 Å². The van der Waals surface area contributed by atoms with E-state index in [2.05, 4.69) is 12.0 Å². The Morgan fingerprint density at radius 2 is 2.38 bits per heavy atom. The van der Waals surface area contributed by atoms with Gasteiger partial charge in [-0.3, -0.25) is 4.68 Å². The average Bonchev–Trinajstić information content (AvgIpc) is 2.60. The predicted octanol–water partition coefficient (Wildman–Crippen LogP) is 1.91. The Bertz CT molecular complexity index is 400. The molecule has 2 rings (SSSR count). The van der Waals surface area contributed by atoms with Crippen LogP contribution in [0.4, 0.5) is 5.69 Å². The fraction of sp³-hybridized carbons (Fsp3) is 0.636. The summed E-state index contributed by atoms with van der Waals surface area (Å²) in [5.74, 6) is -0.377. The van der Waals surface area contributed by atoms with Crippen LogP contribution in [-0.2, 0) is 0 Å². The minimum atomic E-state index is -1.06. The summed E-state index contributed by atoms with van der Waals surface area (Å²) in [6.45, 7) is 2.22. The number of hydrogen-bond donors (Lipinski definition) is 2. The van der Waals surface area contributed by atoms with Crippen molar-refractivity contribution >= 4 is 11.7 Å². The lowest BCUT2D eigenvalue weighted by Crippen LogP contribution is -2.18. The number of carbonyl (C=O) groups is 1. The minimum absolute atomic E-state index is 0.0294. The van der Waals surface area contributed by atoms with Crippen LogP contribution in [0.2, 0.25) is 0 Å². The summed E-state index contributed by atoms with van der Waals surface area (Å²) in [4.78, 5) is 10.8. The lowest BCUT2D eigenvalue weighted by atomic mass is 9.87. The molecule has 1 saturated carbocycles. The third kappa shape index (κ3) is 2.03. The number of anilines is 1. The molecule has 2 atom stereocenters. The number of carboxylic acids is 1. The summed E-state index contributed by atoms with van der Waals surface area (Å²) in [6.07, 6.45) is 6.18. The number of nitrogens with zero attached hydrogens (tertiary/aromatic N) is 2. The second-order valence-electron chi connectivity index (χ2n) is 4.64. The largest absolute Gasteiger partial charge is 0.476 e. The number of hydrogen-bond acceptors (Lipinski definition) is 3. The second-order valence-corrected chi connectivity index (χ2v) is 4.64. The lowest BCUT2D eigenvalue weighted by Gasteiger charge is -2.26. The molecule has 0 aromatic carbocycles. The van der Waals surface area contributed by atoms with Crippen molar-refractivity contribution in [2.24, 2.45) is 5.92 Å². The number of aromatic carboxylic acids is 1. The van der Waals surface area contributed by atoms with E-state index in [4.69, 9.17) is 10.8 Å². The van der Waals surface area contributed by atoms with Crippen LogP contribution >= 0.6 is 0 Å². The van der Waals surface area contributed by atoms with Crippen molar-refractivity contribution in [1.82, 2.24) is 9.78 Å². The molecular formula is C11H17N3O2. The van der Waals surface area contributed by atoms with Crippen LogP contribution in [0.3, 0.4) is 0 Å². The molecule has 16 heavy (non-hydrogen) atoms. The van der Waals surface area contributed by atoms with Crippen LogP contribution in [0.25, 0.3) is 0 Å². The zero-order chi connectivity index (χ0) is 11.7.